The van der Waals surface area contributed by atoms with E-state index in [0.29, 0.717) is 6.54 Å². The van der Waals surface area contributed by atoms with Crippen molar-refractivity contribution < 1.29 is 4.79 Å². The summed E-state index contributed by atoms with van der Waals surface area (Å²) in [6.07, 6.45) is 6.83. The number of rotatable bonds is 5. The number of aryl methyl sites for hydroxylation is 1. The fourth-order valence-corrected chi connectivity index (χ4v) is 3.02. The molecule has 27 heavy (non-hydrogen) atoms. The molecule has 0 atom stereocenters. The summed E-state index contributed by atoms with van der Waals surface area (Å²) in [5, 5.41) is 2.86. The molecule has 0 aliphatic carbocycles. The van der Waals surface area contributed by atoms with Gasteiger partial charge in [-0.2, -0.15) is 0 Å². The Hall–Kier alpha value is -3.68. The number of nitrogens with one attached hydrogen (secondary N) is 1. The molecule has 1 aromatic carbocycles. The van der Waals surface area contributed by atoms with Crippen molar-refractivity contribution >= 4 is 16.9 Å². The lowest BCUT2D eigenvalue weighted by molar-refractivity contribution is -0.121. The van der Waals surface area contributed by atoms with E-state index in [9.17, 15) is 9.59 Å². The van der Waals surface area contributed by atoms with Crippen molar-refractivity contribution in [1.29, 1.82) is 0 Å². The van der Waals surface area contributed by atoms with Crippen LogP contribution in [0.5, 0.6) is 0 Å². The standard InChI is InChI=1S/C19H18N6O2/c1-23-15-4-2-3-5-16(15)25(19(23)27)12-18(26)22-11-14-6-7-21-17(10-14)24-9-8-20-13-24/h2-10,13H,11-12H2,1H3,(H,22,26). The van der Waals surface area contributed by atoms with Crippen LogP contribution in [-0.2, 0) is 24.9 Å². The van der Waals surface area contributed by atoms with Gasteiger partial charge in [-0.25, -0.2) is 14.8 Å². The summed E-state index contributed by atoms with van der Waals surface area (Å²) in [4.78, 5) is 33.1. The number of amides is 1. The van der Waals surface area contributed by atoms with Crippen LogP contribution in [-0.4, -0.2) is 29.6 Å². The Labute approximate surface area is 154 Å². The molecular formula is C19H18N6O2. The molecule has 136 valence electrons. The fourth-order valence-electron chi connectivity index (χ4n) is 3.02. The second-order valence-corrected chi connectivity index (χ2v) is 6.19. The van der Waals surface area contributed by atoms with E-state index in [2.05, 4.69) is 15.3 Å². The number of para-hydroxylation sites is 2. The molecule has 8 nitrogen and oxygen atoms in total. The van der Waals surface area contributed by atoms with Crippen molar-refractivity contribution in [3.8, 4) is 5.82 Å². The third-order valence-corrected chi connectivity index (χ3v) is 4.42. The van der Waals surface area contributed by atoms with Crippen LogP contribution in [0, 0.1) is 0 Å². The molecule has 0 aliphatic heterocycles. The first-order valence-corrected chi connectivity index (χ1v) is 8.48. The first-order valence-electron chi connectivity index (χ1n) is 8.48. The molecule has 0 unspecified atom stereocenters. The first kappa shape index (κ1) is 16.8. The third kappa shape index (κ3) is 3.24. The highest BCUT2D eigenvalue weighted by Crippen LogP contribution is 2.11. The molecule has 0 saturated carbocycles. The van der Waals surface area contributed by atoms with Gasteiger partial charge in [-0.3, -0.25) is 18.5 Å². The smallest absolute Gasteiger partial charge is 0.329 e. The van der Waals surface area contributed by atoms with Crippen molar-refractivity contribution in [2.24, 2.45) is 7.05 Å². The van der Waals surface area contributed by atoms with Gasteiger partial charge in [0.2, 0.25) is 5.91 Å². The Morgan fingerprint density at radius 1 is 1.15 bits per heavy atom. The predicted molar refractivity (Wildman–Crippen MR) is 100 cm³/mol. The average Bonchev–Trinajstić information content (AvgIpc) is 3.31. The van der Waals surface area contributed by atoms with E-state index in [4.69, 9.17) is 0 Å². The van der Waals surface area contributed by atoms with E-state index < -0.39 is 0 Å². The van der Waals surface area contributed by atoms with Gasteiger partial charge in [-0.15, -0.1) is 0 Å². The number of pyridine rings is 1. The molecule has 4 rings (SSSR count). The molecule has 3 aromatic heterocycles. The van der Waals surface area contributed by atoms with E-state index in [1.54, 1.807) is 41.1 Å². The molecule has 0 radical (unpaired) electrons. The van der Waals surface area contributed by atoms with Gasteiger partial charge in [0.25, 0.3) is 0 Å². The summed E-state index contributed by atoms with van der Waals surface area (Å²) < 4.78 is 4.82. The first-order chi connectivity index (χ1) is 13.1. The molecular weight excluding hydrogens is 344 g/mol. The van der Waals surface area contributed by atoms with Gasteiger partial charge in [0, 0.05) is 32.2 Å². The highest BCUT2D eigenvalue weighted by molar-refractivity contribution is 5.80. The molecule has 0 bridgehead atoms. The largest absolute Gasteiger partial charge is 0.350 e. The number of carbonyl (C=O) groups is 1. The van der Waals surface area contributed by atoms with Gasteiger partial charge < -0.3 is 5.32 Å². The number of fused-ring (bicyclic) bond motifs is 1. The average molecular weight is 362 g/mol. The molecule has 0 spiro atoms. The zero-order chi connectivity index (χ0) is 18.8. The molecule has 3 heterocycles. The van der Waals surface area contributed by atoms with Crippen molar-refractivity contribution in [3.63, 3.8) is 0 Å². The molecule has 0 saturated heterocycles. The minimum Gasteiger partial charge on any atom is -0.350 e. The van der Waals surface area contributed by atoms with Crippen LogP contribution >= 0.6 is 0 Å². The normalized spacial score (nSPS) is 11.0. The van der Waals surface area contributed by atoms with Crippen LogP contribution in [0.25, 0.3) is 16.9 Å². The Morgan fingerprint density at radius 2 is 1.96 bits per heavy atom. The molecule has 1 amide bonds. The van der Waals surface area contributed by atoms with Gasteiger partial charge >= 0.3 is 5.69 Å². The third-order valence-electron chi connectivity index (χ3n) is 4.42. The lowest BCUT2D eigenvalue weighted by atomic mass is 10.2. The summed E-state index contributed by atoms with van der Waals surface area (Å²) in [5.74, 6) is 0.499. The van der Waals surface area contributed by atoms with E-state index in [0.717, 1.165) is 22.4 Å². The van der Waals surface area contributed by atoms with E-state index in [1.165, 1.54) is 4.57 Å². The van der Waals surface area contributed by atoms with Crippen LogP contribution in [0.4, 0.5) is 0 Å². The van der Waals surface area contributed by atoms with E-state index in [1.807, 2.05) is 36.4 Å². The number of benzene rings is 1. The SMILES string of the molecule is Cn1c(=O)n(CC(=O)NCc2ccnc(-n3ccnc3)c2)c2ccccc21. The number of aromatic nitrogens is 5. The molecule has 0 aliphatic rings. The fraction of sp³-hybridized carbons (Fsp3) is 0.158. The van der Waals surface area contributed by atoms with Crippen LogP contribution in [0.15, 0.2) is 66.1 Å². The summed E-state index contributed by atoms with van der Waals surface area (Å²) in [6.45, 7) is 0.322. The number of hydrogen-bond acceptors (Lipinski definition) is 4. The molecule has 0 fully saturated rings. The van der Waals surface area contributed by atoms with Crippen LogP contribution in [0.3, 0.4) is 0 Å². The lowest BCUT2D eigenvalue weighted by Gasteiger charge is -2.08. The maximum atomic E-state index is 12.4. The number of hydrogen-bond donors (Lipinski definition) is 1. The second kappa shape index (κ2) is 6.91. The van der Waals surface area contributed by atoms with Crippen molar-refractivity contribution in [1.82, 2.24) is 29.0 Å². The topological polar surface area (TPSA) is 86.7 Å². The Kier molecular flexibility index (Phi) is 4.29. The van der Waals surface area contributed by atoms with Gasteiger partial charge in [-0.05, 0) is 29.8 Å². The Balaban J connectivity index is 1.48. The number of carbonyl (C=O) groups excluding carboxylic acids is 1. The maximum Gasteiger partial charge on any atom is 0.329 e. The van der Waals surface area contributed by atoms with Crippen LogP contribution in [0.1, 0.15) is 5.56 Å². The second-order valence-electron chi connectivity index (χ2n) is 6.19. The van der Waals surface area contributed by atoms with Crippen LogP contribution in [0.2, 0.25) is 0 Å². The van der Waals surface area contributed by atoms with E-state index >= 15 is 0 Å². The van der Waals surface area contributed by atoms with Crippen molar-refractivity contribution in [3.05, 3.63) is 77.4 Å². The van der Waals surface area contributed by atoms with Gasteiger partial charge in [0.1, 0.15) is 18.7 Å². The van der Waals surface area contributed by atoms with Gasteiger partial charge in [0.05, 0.1) is 11.0 Å². The minimum absolute atomic E-state index is 0.0281. The quantitative estimate of drug-likeness (QED) is 0.579. The van der Waals surface area contributed by atoms with Crippen LogP contribution < -0.4 is 11.0 Å². The van der Waals surface area contributed by atoms with E-state index in [-0.39, 0.29) is 18.1 Å². The highest BCUT2D eigenvalue weighted by atomic mass is 16.2. The molecule has 8 heteroatoms. The summed E-state index contributed by atoms with van der Waals surface area (Å²) >= 11 is 0. The highest BCUT2D eigenvalue weighted by Gasteiger charge is 2.13. The summed E-state index contributed by atoms with van der Waals surface area (Å²) in [7, 11) is 1.70. The summed E-state index contributed by atoms with van der Waals surface area (Å²) in [6, 6.07) is 11.1. The Morgan fingerprint density at radius 3 is 2.74 bits per heavy atom. The molecule has 4 aromatic rings. The van der Waals surface area contributed by atoms with Gasteiger partial charge in [-0.1, -0.05) is 12.1 Å². The lowest BCUT2D eigenvalue weighted by Crippen LogP contribution is -2.32. The number of nitrogens with zero attached hydrogens (tertiary/aromatic N) is 5. The van der Waals surface area contributed by atoms with Crippen molar-refractivity contribution in [2.75, 3.05) is 0 Å². The monoisotopic (exact) mass is 362 g/mol. The zero-order valence-corrected chi connectivity index (χ0v) is 14.7. The summed E-state index contributed by atoms with van der Waals surface area (Å²) in [5.41, 5.74) is 2.24. The van der Waals surface area contributed by atoms with Crippen molar-refractivity contribution in [2.45, 2.75) is 13.1 Å². The minimum atomic E-state index is -0.227. The van der Waals surface area contributed by atoms with Gasteiger partial charge in [0.15, 0.2) is 0 Å². The maximum absolute atomic E-state index is 12.4. The predicted octanol–water partition coefficient (Wildman–Crippen LogP) is 1.24. The molecule has 1 N–H and O–H groups in total. The zero-order valence-electron chi connectivity index (χ0n) is 14.7. The Bertz CT molecular complexity index is 1160. The number of imidazole rings is 2.